The third kappa shape index (κ3) is 2.34. The second-order valence-electron chi connectivity index (χ2n) is 3.36. The Morgan fingerprint density at radius 3 is 2.71 bits per heavy atom. The van der Waals surface area contributed by atoms with Gasteiger partial charge < -0.3 is 5.32 Å². The van der Waals surface area contributed by atoms with Crippen LogP contribution in [-0.2, 0) is 0 Å². The zero-order chi connectivity index (χ0) is 10.7. The second-order valence-corrected chi connectivity index (χ2v) is 3.77. The van der Waals surface area contributed by atoms with Gasteiger partial charge in [0, 0.05) is 5.56 Å². The number of ketones is 1. The van der Waals surface area contributed by atoms with Crippen LogP contribution in [0.5, 0.6) is 0 Å². The van der Waals surface area contributed by atoms with E-state index in [9.17, 15) is 4.79 Å². The number of Topliss-reactive ketones (excluding diaryl/α,β-unsaturated/α-hetero) is 1. The third-order valence-corrected chi connectivity index (χ3v) is 2.54. The fourth-order valence-corrected chi connectivity index (χ4v) is 1.40. The number of aryl methyl sites for hydroxylation is 1. The first kappa shape index (κ1) is 11.2. The van der Waals surface area contributed by atoms with Gasteiger partial charge in [-0.15, -0.1) is 0 Å². The molecule has 0 aliphatic rings. The summed E-state index contributed by atoms with van der Waals surface area (Å²) in [6.45, 7) is 3.76. The highest BCUT2D eigenvalue weighted by molar-refractivity contribution is 6.34. The Morgan fingerprint density at radius 1 is 1.50 bits per heavy atom. The SMILES string of the molecule is CNC(C)C(=O)c1cc(C)ccc1Cl. The molecule has 1 unspecified atom stereocenters. The van der Waals surface area contributed by atoms with E-state index in [1.165, 1.54) is 0 Å². The molecule has 2 nitrogen and oxygen atoms in total. The van der Waals surface area contributed by atoms with Gasteiger partial charge in [-0.25, -0.2) is 0 Å². The van der Waals surface area contributed by atoms with E-state index in [4.69, 9.17) is 11.6 Å². The fourth-order valence-electron chi connectivity index (χ4n) is 1.19. The Labute approximate surface area is 89.3 Å². The number of halogens is 1. The van der Waals surface area contributed by atoms with Crippen molar-refractivity contribution in [1.29, 1.82) is 0 Å². The summed E-state index contributed by atoms with van der Waals surface area (Å²) in [6, 6.07) is 5.27. The molecule has 0 heterocycles. The number of carbonyl (C=O) groups excluding carboxylic acids is 1. The molecule has 1 aromatic carbocycles. The van der Waals surface area contributed by atoms with E-state index < -0.39 is 0 Å². The van der Waals surface area contributed by atoms with Crippen molar-refractivity contribution in [3.63, 3.8) is 0 Å². The van der Waals surface area contributed by atoms with E-state index in [-0.39, 0.29) is 11.8 Å². The molecule has 1 atom stereocenters. The average molecular weight is 212 g/mol. The maximum Gasteiger partial charge on any atom is 0.180 e. The minimum Gasteiger partial charge on any atom is -0.310 e. The lowest BCUT2D eigenvalue weighted by molar-refractivity contribution is 0.0955. The third-order valence-electron chi connectivity index (χ3n) is 2.21. The zero-order valence-corrected chi connectivity index (χ0v) is 9.35. The van der Waals surface area contributed by atoms with Crippen LogP contribution < -0.4 is 5.32 Å². The average Bonchev–Trinajstić information content (AvgIpc) is 2.19. The molecule has 76 valence electrons. The first-order valence-corrected chi connectivity index (χ1v) is 4.91. The van der Waals surface area contributed by atoms with Gasteiger partial charge in [0.2, 0.25) is 0 Å². The van der Waals surface area contributed by atoms with Gasteiger partial charge in [0.1, 0.15) is 0 Å². The molecule has 3 heteroatoms. The summed E-state index contributed by atoms with van der Waals surface area (Å²) in [5.74, 6) is 0.0289. The van der Waals surface area contributed by atoms with Crippen molar-refractivity contribution in [3.05, 3.63) is 34.3 Å². The van der Waals surface area contributed by atoms with Crippen molar-refractivity contribution in [3.8, 4) is 0 Å². The van der Waals surface area contributed by atoms with Crippen LogP contribution in [0.2, 0.25) is 5.02 Å². The van der Waals surface area contributed by atoms with Crippen molar-refractivity contribution >= 4 is 17.4 Å². The van der Waals surface area contributed by atoms with Gasteiger partial charge in [-0.05, 0) is 33.0 Å². The number of hydrogen-bond donors (Lipinski definition) is 1. The second kappa shape index (κ2) is 4.58. The number of rotatable bonds is 3. The van der Waals surface area contributed by atoms with Crippen LogP contribution in [-0.4, -0.2) is 18.9 Å². The monoisotopic (exact) mass is 211 g/mol. The summed E-state index contributed by atoms with van der Waals surface area (Å²) in [7, 11) is 1.76. The van der Waals surface area contributed by atoms with Crippen molar-refractivity contribution in [1.82, 2.24) is 5.32 Å². The molecule has 0 saturated carbocycles. The molecular weight excluding hydrogens is 198 g/mol. The van der Waals surface area contributed by atoms with E-state index in [2.05, 4.69) is 5.32 Å². The summed E-state index contributed by atoms with van der Waals surface area (Å²) in [5.41, 5.74) is 1.63. The fraction of sp³-hybridized carbons (Fsp3) is 0.364. The number of nitrogens with one attached hydrogen (secondary N) is 1. The Hall–Kier alpha value is -0.860. The highest BCUT2D eigenvalue weighted by Gasteiger charge is 2.15. The minimum absolute atomic E-state index is 0.0289. The predicted octanol–water partition coefficient (Wildman–Crippen LogP) is 2.44. The van der Waals surface area contributed by atoms with Gasteiger partial charge in [0.05, 0.1) is 11.1 Å². The highest BCUT2D eigenvalue weighted by atomic mass is 35.5. The van der Waals surface area contributed by atoms with E-state index >= 15 is 0 Å². The quantitative estimate of drug-likeness (QED) is 0.779. The molecule has 0 aromatic heterocycles. The van der Waals surface area contributed by atoms with Gasteiger partial charge in [-0.1, -0.05) is 23.2 Å². The Bertz CT molecular complexity index is 349. The number of likely N-dealkylation sites (N-methyl/N-ethyl adjacent to an activating group) is 1. The summed E-state index contributed by atoms with van der Waals surface area (Å²) in [5, 5.41) is 3.42. The Morgan fingerprint density at radius 2 is 2.14 bits per heavy atom. The summed E-state index contributed by atoms with van der Waals surface area (Å²) < 4.78 is 0. The molecule has 0 bridgehead atoms. The normalized spacial score (nSPS) is 12.6. The maximum absolute atomic E-state index is 11.8. The Balaban J connectivity index is 3.06. The molecule has 0 spiro atoms. The van der Waals surface area contributed by atoms with Crippen LogP contribution in [0.1, 0.15) is 22.8 Å². The van der Waals surface area contributed by atoms with Crippen molar-refractivity contribution < 1.29 is 4.79 Å². The van der Waals surface area contributed by atoms with Crippen LogP contribution in [0.4, 0.5) is 0 Å². The summed E-state index contributed by atoms with van der Waals surface area (Å²) >= 11 is 5.94. The molecule has 0 aliphatic heterocycles. The predicted molar refractivity (Wildman–Crippen MR) is 59.0 cm³/mol. The number of hydrogen-bond acceptors (Lipinski definition) is 2. The van der Waals surface area contributed by atoms with Crippen molar-refractivity contribution in [2.75, 3.05) is 7.05 Å². The largest absolute Gasteiger partial charge is 0.310 e. The standard InChI is InChI=1S/C11H14ClNO/c1-7-4-5-10(12)9(6-7)11(14)8(2)13-3/h4-6,8,13H,1-3H3. The van der Waals surface area contributed by atoms with Crippen LogP contribution in [0, 0.1) is 6.92 Å². The number of carbonyl (C=O) groups is 1. The zero-order valence-electron chi connectivity index (χ0n) is 8.60. The van der Waals surface area contributed by atoms with Gasteiger partial charge in [-0.2, -0.15) is 0 Å². The van der Waals surface area contributed by atoms with Gasteiger partial charge in [0.15, 0.2) is 5.78 Å². The smallest absolute Gasteiger partial charge is 0.180 e. The van der Waals surface area contributed by atoms with Crippen LogP contribution in [0.3, 0.4) is 0 Å². The lowest BCUT2D eigenvalue weighted by Gasteiger charge is -2.10. The molecule has 1 N–H and O–H groups in total. The van der Waals surface area contributed by atoms with Gasteiger partial charge in [-0.3, -0.25) is 4.79 Å². The van der Waals surface area contributed by atoms with E-state index in [0.29, 0.717) is 10.6 Å². The molecule has 0 amide bonds. The van der Waals surface area contributed by atoms with Crippen molar-refractivity contribution in [2.45, 2.75) is 19.9 Å². The topological polar surface area (TPSA) is 29.1 Å². The lowest BCUT2D eigenvalue weighted by atomic mass is 10.0. The summed E-state index contributed by atoms with van der Waals surface area (Å²) in [4.78, 5) is 11.8. The molecular formula is C11H14ClNO. The lowest BCUT2D eigenvalue weighted by Crippen LogP contribution is -2.30. The minimum atomic E-state index is -0.200. The molecule has 1 aromatic rings. The van der Waals surface area contributed by atoms with Crippen molar-refractivity contribution in [2.24, 2.45) is 0 Å². The van der Waals surface area contributed by atoms with E-state index in [1.54, 1.807) is 13.1 Å². The number of benzene rings is 1. The molecule has 0 radical (unpaired) electrons. The van der Waals surface area contributed by atoms with Gasteiger partial charge in [0.25, 0.3) is 0 Å². The van der Waals surface area contributed by atoms with E-state index in [1.807, 2.05) is 26.0 Å². The van der Waals surface area contributed by atoms with Crippen LogP contribution >= 0.6 is 11.6 Å². The van der Waals surface area contributed by atoms with Crippen LogP contribution in [0.25, 0.3) is 0 Å². The first-order valence-electron chi connectivity index (χ1n) is 4.54. The first-order chi connectivity index (χ1) is 6.56. The molecule has 0 saturated heterocycles. The Kier molecular flexibility index (Phi) is 3.67. The maximum atomic E-state index is 11.8. The van der Waals surface area contributed by atoms with Gasteiger partial charge >= 0.3 is 0 Å². The molecule has 0 aliphatic carbocycles. The molecule has 0 fully saturated rings. The molecule has 1 rings (SSSR count). The van der Waals surface area contributed by atoms with Crippen LogP contribution in [0.15, 0.2) is 18.2 Å². The summed E-state index contributed by atoms with van der Waals surface area (Å²) in [6.07, 6.45) is 0. The van der Waals surface area contributed by atoms with E-state index in [0.717, 1.165) is 5.56 Å². The highest BCUT2D eigenvalue weighted by Crippen LogP contribution is 2.18. The molecule has 14 heavy (non-hydrogen) atoms.